The van der Waals surface area contributed by atoms with Crippen LogP contribution >= 0.6 is 0 Å². The number of nitrogens with one attached hydrogen (secondary N) is 1. The van der Waals surface area contributed by atoms with E-state index in [0.717, 1.165) is 31.7 Å². The highest BCUT2D eigenvalue weighted by atomic mass is 16.5. The molecule has 1 aliphatic rings. The highest BCUT2D eigenvalue weighted by Crippen LogP contribution is 2.25. The first-order chi connectivity index (χ1) is 9.27. The topological polar surface area (TPSA) is 30.5 Å². The Labute approximate surface area is 115 Å². The Morgan fingerprint density at radius 3 is 3.16 bits per heavy atom. The van der Waals surface area contributed by atoms with Crippen LogP contribution in [0.5, 0.6) is 0 Å². The third-order valence-electron chi connectivity index (χ3n) is 3.19. The minimum Gasteiger partial charge on any atom is -0.376 e. The van der Waals surface area contributed by atoms with Crippen molar-refractivity contribution in [2.24, 2.45) is 0 Å². The molecule has 3 nitrogen and oxygen atoms in total. The van der Waals surface area contributed by atoms with Crippen LogP contribution in [0.1, 0.15) is 24.2 Å². The van der Waals surface area contributed by atoms with Crippen LogP contribution in [-0.4, -0.2) is 32.9 Å². The summed E-state index contributed by atoms with van der Waals surface area (Å²) in [5, 5.41) is 3.39. The molecule has 0 aliphatic carbocycles. The van der Waals surface area contributed by atoms with E-state index in [1.165, 1.54) is 11.1 Å². The van der Waals surface area contributed by atoms with Crippen molar-refractivity contribution in [3.63, 3.8) is 0 Å². The van der Waals surface area contributed by atoms with E-state index in [1.54, 1.807) is 0 Å². The van der Waals surface area contributed by atoms with E-state index in [0.29, 0.717) is 13.2 Å². The molecular weight excluding hydrogens is 238 g/mol. The predicted molar refractivity (Wildman–Crippen MR) is 77.3 cm³/mol. The van der Waals surface area contributed by atoms with Crippen LogP contribution in [0.4, 0.5) is 0 Å². The zero-order valence-corrected chi connectivity index (χ0v) is 11.7. The van der Waals surface area contributed by atoms with Gasteiger partial charge in [-0.25, -0.2) is 0 Å². The standard InChI is InChI=1S/C16H23NO2/c1-13(2)12-18-10-8-17-11-16-15-6-4-3-5-14(15)7-9-19-16/h3-6,16-17H,1,7-12H2,2H3. The van der Waals surface area contributed by atoms with Gasteiger partial charge in [-0.1, -0.05) is 36.4 Å². The summed E-state index contributed by atoms with van der Waals surface area (Å²) in [6.07, 6.45) is 1.19. The SMILES string of the molecule is C=C(C)COCCNCC1OCCc2ccccc21. The first-order valence-corrected chi connectivity index (χ1v) is 6.89. The molecule has 0 saturated carbocycles. The van der Waals surface area contributed by atoms with E-state index in [1.807, 2.05) is 6.92 Å². The number of hydrogen-bond acceptors (Lipinski definition) is 3. The number of rotatable bonds is 7. The van der Waals surface area contributed by atoms with Crippen LogP contribution in [0.25, 0.3) is 0 Å². The molecule has 1 aromatic carbocycles. The second-order valence-electron chi connectivity index (χ2n) is 5.02. The van der Waals surface area contributed by atoms with E-state index in [9.17, 15) is 0 Å². The van der Waals surface area contributed by atoms with Gasteiger partial charge in [-0.05, 0) is 24.5 Å². The lowest BCUT2D eigenvalue weighted by Crippen LogP contribution is -2.29. The average Bonchev–Trinajstić information content (AvgIpc) is 2.42. The maximum Gasteiger partial charge on any atom is 0.0952 e. The van der Waals surface area contributed by atoms with Gasteiger partial charge in [0.15, 0.2) is 0 Å². The van der Waals surface area contributed by atoms with Crippen LogP contribution < -0.4 is 5.32 Å². The fourth-order valence-corrected chi connectivity index (χ4v) is 2.27. The fourth-order valence-electron chi connectivity index (χ4n) is 2.27. The van der Waals surface area contributed by atoms with E-state index in [4.69, 9.17) is 9.47 Å². The van der Waals surface area contributed by atoms with Gasteiger partial charge in [0.05, 0.1) is 25.9 Å². The van der Waals surface area contributed by atoms with Crippen molar-refractivity contribution < 1.29 is 9.47 Å². The highest BCUT2D eigenvalue weighted by molar-refractivity contribution is 5.31. The molecule has 0 saturated heterocycles. The minimum absolute atomic E-state index is 0.172. The maximum absolute atomic E-state index is 5.83. The zero-order chi connectivity index (χ0) is 13.5. The van der Waals surface area contributed by atoms with Crippen molar-refractivity contribution in [2.75, 3.05) is 32.9 Å². The Kier molecular flexibility index (Phi) is 5.58. The summed E-state index contributed by atoms with van der Waals surface area (Å²) in [5.41, 5.74) is 3.80. The monoisotopic (exact) mass is 261 g/mol. The van der Waals surface area contributed by atoms with Gasteiger partial charge in [0.1, 0.15) is 0 Å². The van der Waals surface area contributed by atoms with Crippen molar-refractivity contribution in [1.82, 2.24) is 5.32 Å². The molecule has 1 heterocycles. The molecule has 1 aliphatic heterocycles. The van der Waals surface area contributed by atoms with Gasteiger partial charge in [-0.3, -0.25) is 0 Å². The molecule has 3 heteroatoms. The molecule has 0 fully saturated rings. The lowest BCUT2D eigenvalue weighted by Gasteiger charge is -2.26. The van der Waals surface area contributed by atoms with Gasteiger partial charge in [0, 0.05) is 13.1 Å². The van der Waals surface area contributed by atoms with Crippen molar-refractivity contribution in [2.45, 2.75) is 19.4 Å². The Bertz CT molecular complexity index is 417. The quantitative estimate of drug-likeness (QED) is 0.604. The summed E-state index contributed by atoms with van der Waals surface area (Å²) >= 11 is 0. The summed E-state index contributed by atoms with van der Waals surface area (Å²) in [6.45, 7) is 9.63. The molecule has 0 spiro atoms. The Hall–Kier alpha value is -1.16. The third kappa shape index (κ3) is 4.46. The second kappa shape index (κ2) is 7.43. The molecular formula is C16H23NO2. The lowest BCUT2D eigenvalue weighted by atomic mass is 9.97. The smallest absolute Gasteiger partial charge is 0.0952 e. The number of ether oxygens (including phenoxy) is 2. The van der Waals surface area contributed by atoms with Gasteiger partial charge in [-0.2, -0.15) is 0 Å². The van der Waals surface area contributed by atoms with Crippen LogP contribution in [0.15, 0.2) is 36.4 Å². The van der Waals surface area contributed by atoms with Crippen molar-refractivity contribution in [1.29, 1.82) is 0 Å². The van der Waals surface area contributed by atoms with E-state index in [2.05, 4.69) is 36.2 Å². The molecule has 1 atom stereocenters. The Morgan fingerprint density at radius 2 is 2.32 bits per heavy atom. The van der Waals surface area contributed by atoms with Crippen molar-refractivity contribution >= 4 is 0 Å². The molecule has 0 radical (unpaired) electrons. The van der Waals surface area contributed by atoms with Gasteiger partial charge < -0.3 is 14.8 Å². The molecule has 19 heavy (non-hydrogen) atoms. The predicted octanol–water partition coefficient (Wildman–Crippen LogP) is 2.48. The van der Waals surface area contributed by atoms with Crippen molar-refractivity contribution in [3.8, 4) is 0 Å². The van der Waals surface area contributed by atoms with Gasteiger partial charge in [-0.15, -0.1) is 0 Å². The first kappa shape index (κ1) is 14.3. The third-order valence-corrected chi connectivity index (χ3v) is 3.19. The summed E-state index contributed by atoms with van der Waals surface area (Å²) in [5.74, 6) is 0. The number of benzene rings is 1. The maximum atomic E-state index is 5.83. The van der Waals surface area contributed by atoms with E-state index < -0.39 is 0 Å². The molecule has 0 amide bonds. The highest BCUT2D eigenvalue weighted by Gasteiger charge is 2.19. The largest absolute Gasteiger partial charge is 0.376 e. The van der Waals surface area contributed by atoms with Gasteiger partial charge >= 0.3 is 0 Å². The van der Waals surface area contributed by atoms with Crippen LogP contribution in [0.3, 0.4) is 0 Å². The second-order valence-corrected chi connectivity index (χ2v) is 5.02. The fraction of sp³-hybridized carbons (Fsp3) is 0.500. The van der Waals surface area contributed by atoms with Crippen LogP contribution in [-0.2, 0) is 15.9 Å². The summed E-state index contributed by atoms with van der Waals surface area (Å²) in [4.78, 5) is 0. The van der Waals surface area contributed by atoms with E-state index in [-0.39, 0.29) is 6.10 Å². The summed E-state index contributed by atoms with van der Waals surface area (Å²) < 4.78 is 11.3. The molecule has 1 N–H and O–H groups in total. The Morgan fingerprint density at radius 1 is 1.47 bits per heavy atom. The Balaban J connectivity index is 1.71. The molecule has 0 aromatic heterocycles. The number of fused-ring (bicyclic) bond motifs is 1. The lowest BCUT2D eigenvalue weighted by molar-refractivity contribution is 0.0410. The molecule has 1 unspecified atom stereocenters. The minimum atomic E-state index is 0.172. The summed E-state index contributed by atoms with van der Waals surface area (Å²) in [6, 6.07) is 8.54. The normalized spacial score (nSPS) is 18.1. The van der Waals surface area contributed by atoms with Crippen LogP contribution in [0, 0.1) is 0 Å². The summed E-state index contributed by atoms with van der Waals surface area (Å²) in [7, 11) is 0. The molecule has 104 valence electrons. The molecule has 1 aromatic rings. The zero-order valence-electron chi connectivity index (χ0n) is 11.7. The van der Waals surface area contributed by atoms with E-state index >= 15 is 0 Å². The first-order valence-electron chi connectivity index (χ1n) is 6.89. The van der Waals surface area contributed by atoms with Crippen molar-refractivity contribution in [3.05, 3.63) is 47.5 Å². The van der Waals surface area contributed by atoms with Gasteiger partial charge in [0.2, 0.25) is 0 Å². The number of hydrogen-bond donors (Lipinski definition) is 1. The average molecular weight is 261 g/mol. The molecule has 0 bridgehead atoms. The van der Waals surface area contributed by atoms with Gasteiger partial charge in [0.25, 0.3) is 0 Å². The molecule has 2 rings (SSSR count). The van der Waals surface area contributed by atoms with Crippen LogP contribution in [0.2, 0.25) is 0 Å².